The van der Waals surface area contributed by atoms with Gasteiger partial charge in [-0.1, -0.05) is 13.8 Å². The van der Waals surface area contributed by atoms with E-state index in [1.165, 1.54) is 24.4 Å². The molecule has 0 unspecified atom stereocenters. The molecule has 3 fully saturated rings. The van der Waals surface area contributed by atoms with Crippen molar-refractivity contribution in [3.63, 3.8) is 0 Å². The molecule has 6 rings (SSSR count). The Hall–Kier alpha value is -2.34. The van der Waals surface area contributed by atoms with E-state index < -0.39 is 0 Å². The molecule has 37 heavy (non-hydrogen) atoms. The Morgan fingerprint density at radius 1 is 0.946 bits per heavy atom. The lowest BCUT2D eigenvalue weighted by atomic mass is 9.90. The Kier molecular flexibility index (Phi) is 7.55. The molecule has 3 aromatic rings. The van der Waals surface area contributed by atoms with Crippen molar-refractivity contribution in [3.05, 3.63) is 18.1 Å². The molecule has 2 saturated heterocycles. The lowest BCUT2D eigenvalue weighted by Gasteiger charge is -2.39. The summed E-state index contributed by atoms with van der Waals surface area (Å²) in [7, 11) is 0. The molecule has 0 bridgehead atoms. The van der Waals surface area contributed by atoms with Crippen molar-refractivity contribution in [1.29, 1.82) is 0 Å². The van der Waals surface area contributed by atoms with E-state index in [1.54, 1.807) is 0 Å². The van der Waals surface area contributed by atoms with Crippen LogP contribution in [0.1, 0.15) is 70.0 Å². The van der Waals surface area contributed by atoms with Crippen molar-refractivity contribution < 1.29 is 9.47 Å². The minimum absolute atomic E-state index is 0.312. The monoisotopic (exact) mass is 526 g/mol. The molecule has 5 heterocycles. The molecule has 2 aliphatic heterocycles. The van der Waals surface area contributed by atoms with Crippen molar-refractivity contribution in [2.45, 2.75) is 76.4 Å². The molecule has 200 valence electrons. The molecule has 3 aliphatic rings. The summed E-state index contributed by atoms with van der Waals surface area (Å²) in [6.07, 6.45) is 10.6. The fourth-order valence-electron chi connectivity index (χ4n) is 5.83. The summed E-state index contributed by atoms with van der Waals surface area (Å²) in [5.41, 5.74) is 1.97. The van der Waals surface area contributed by atoms with Gasteiger partial charge in [-0.15, -0.1) is 0 Å². The number of morpholine rings is 1. The molecular weight excluding hydrogens is 488 g/mol. The Morgan fingerprint density at radius 3 is 2.46 bits per heavy atom. The van der Waals surface area contributed by atoms with E-state index >= 15 is 0 Å². The summed E-state index contributed by atoms with van der Waals surface area (Å²) in [5.74, 6) is 1.80. The van der Waals surface area contributed by atoms with Gasteiger partial charge in [0.05, 0.1) is 42.2 Å². The van der Waals surface area contributed by atoms with Crippen LogP contribution < -0.4 is 10.6 Å². The second kappa shape index (κ2) is 11.2. The number of ether oxygens (including phenoxy) is 2. The molecule has 0 amide bonds. The zero-order valence-electron chi connectivity index (χ0n) is 21.9. The van der Waals surface area contributed by atoms with Gasteiger partial charge in [0, 0.05) is 44.6 Å². The second-order valence-corrected chi connectivity index (χ2v) is 11.5. The lowest BCUT2D eigenvalue weighted by Crippen LogP contribution is -2.46. The molecule has 0 atom stereocenters. The zero-order chi connectivity index (χ0) is 25.2. The normalized spacial score (nSPS) is 24.1. The SMILES string of the molecule is CC(C)c1nsc2nc(Nc3cnn(C4CCOCC4)c3)nc(N[C@H]3CC[C@H](N4CCOCC4)CC3)c12. The first-order valence-corrected chi connectivity index (χ1v) is 14.6. The average Bonchev–Trinajstić information content (AvgIpc) is 3.58. The van der Waals surface area contributed by atoms with E-state index in [0.29, 0.717) is 30.0 Å². The van der Waals surface area contributed by atoms with Crippen molar-refractivity contribution in [1.82, 2.24) is 29.0 Å². The Bertz CT molecular complexity index is 1180. The molecule has 0 aromatic carbocycles. The maximum atomic E-state index is 5.55. The van der Waals surface area contributed by atoms with Crippen molar-refractivity contribution in [2.75, 3.05) is 50.2 Å². The Morgan fingerprint density at radius 2 is 1.70 bits per heavy atom. The van der Waals surface area contributed by atoms with Gasteiger partial charge in [-0.25, -0.2) is 0 Å². The van der Waals surface area contributed by atoms with Crippen LogP contribution in [-0.2, 0) is 9.47 Å². The van der Waals surface area contributed by atoms with Gasteiger partial charge in [0.1, 0.15) is 5.82 Å². The Balaban J connectivity index is 1.19. The standard InChI is InChI=1S/C26H38N8O2S/c1-17(2)23-22-24(28-18-3-5-20(6-4-18)33-9-13-36-14-10-33)30-26(31-25(22)37-32-23)29-19-15-27-34(16-19)21-7-11-35-12-8-21/h15-18,20-21H,3-14H2,1-2H3,(H2,28,29,30,31)/t18-,20-. The smallest absolute Gasteiger partial charge is 0.230 e. The summed E-state index contributed by atoms with van der Waals surface area (Å²) in [6.45, 7) is 9.81. The summed E-state index contributed by atoms with van der Waals surface area (Å²) in [6, 6.07) is 1.46. The van der Waals surface area contributed by atoms with Crippen LogP contribution in [0.25, 0.3) is 10.2 Å². The third kappa shape index (κ3) is 5.59. The van der Waals surface area contributed by atoms with Crippen LogP contribution in [0, 0.1) is 0 Å². The predicted octanol–water partition coefficient (Wildman–Crippen LogP) is 4.56. The van der Waals surface area contributed by atoms with E-state index in [1.807, 2.05) is 10.9 Å². The van der Waals surface area contributed by atoms with Gasteiger partial charge in [0.25, 0.3) is 0 Å². The molecular formula is C26H38N8O2S. The van der Waals surface area contributed by atoms with Crippen LogP contribution >= 0.6 is 11.5 Å². The molecule has 1 aliphatic carbocycles. The van der Waals surface area contributed by atoms with Gasteiger partial charge in [0.15, 0.2) is 4.83 Å². The van der Waals surface area contributed by atoms with Crippen LogP contribution in [0.4, 0.5) is 17.5 Å². The summed E-state index contributed by atoms with van der Waals surface area (Å²) in [4.78, 5) is 13.4. The molecule has 0 spiro atoms. The minimum Gasteiger partial charge on any atom is -0.381 e. The van der Waals surface area contributed by atoms with Crippen LogP contribution in [0.2, 0.25) is 0 Å². The highest BCUT2D eigenvalue weighted by Gasteiger charge is 2.28. The number of nitrogens with one attached hydrogen (secondary N) is 2. The highest BCUT2D eigenvalue weighted by Crippen LogP contribution is 2.35. The van der Waals surface area contributed by atoms with Gasteiger partial charge in [0.2, 0.25) is 5.95 Å². The number of rotatable bonds is 7. The number of hydrogen-bond donors (Lipinski definition) is 2. The van der Waals surface area contributed by atoms with Crippen LogP contribution in [0.5, 0.6) is 0 Å². The van der Waals surface area contributed by atoms with Crippen molar-refractivity contribution in [2.24, 2.45) is 0 Å². The fourth-order valence-corrected chi connectivity index (χ4v) is 6.74. The van der Waals surface area contributed by atoms with Gasteiger partial charge in [-0.05, 0) is 56.0 Å². The fraction of sp³-hybridized carbons (Fsp3) is 0.692. The number of nitrogens with zero attached hydrogens (tertiary/aromatic N) is 6. The van der Waals surface area contributed by atoms with Gasteiger partial charge in [-0.3, -0.25) is 9.58 Å². The third-order valence-electron chi connectivity index (χ3n) is 7.93. The molecule has 10 nitrogen and oxygen atoms in total. The third-order valence-corrected chi connectivity index (χ3v) is 8.69. The first-order valence-electron chi connectivity index (χ1n) is 13.8. The minimum atomic E-state index is 0.312. The van der Waals surface area contributed by atoms with Gasteiger partial charge < -0.3 is 20.1 Å². The van der Waals surface area contributed by atoms with E-state index in [0.717, 1.165) is 92.6 Å². The van der Waals surface area contributed by atoms with Crippen molar-refractivity contribution in [3.8, 4) is 0 Å². The van der Waals surface area contributed by atoms with E-state index in [-0.39, 0.29) is 0 Å². The summed E-state index contributed by atoms with van der Waals surface area (Å²) < 4.78 is 17.9. The maximum absolute atomic E-state index is 5.55. The van der Waals surface area contributed by atoms with Gasteiger partial charge >= 0.3 is 0 Å². The second-order valence-electron chi connectivity index (χ2n) is 10.8. The largest absolute Gasteiger partial charge is 0.381 e. The molecule has 3 aromatic heterocycles. The first kappa shape index (κ1) is 25.0. The number of fused-ring (bicyclic) bond motifs is 1. The van der Waals surface area contributed by atoms with Crippen LogP contribution in [0.15, 0.2) is 12.4 Å². The molecule has 11 heteroatoms. The lowest BCUT2D eigenvalue weighted by molar-refractivity contribution is 0.00791. The first-order chi connectivity index (χ1) is 18.1. The predicted molar refractivity (Wildman–Crippen MR) is 146 cm³/mol. The maximum Gasteiger partial charge on any atom is 0.230 e. The van der Waals surface area contributed by atoms with Gasteiger partial charge in [-0.2, -0.15) is 19.4 Å². The quantitative estimate of drug-likeness (QED) is 0.459. The molecule has 0 radical (unpaired) electrons. The van der Waals surface area contributed by atoms with E-state index in [9.17, 15) is 0 Å². The van der Waals surface area contributed by atoms with Crippen molar-refractivity contribution >= 4 is 39.2 Å². The van der Waals surface area contributed by atoms with E-state index in [4.69, 9.17) is 23.8 Å². The highest BCUT2D eigenvalue weighted by molar-refractivity contribution is 7.13. The number of anilines is 3. The summed E-state index contributed by atoms with van der Waals surface area (Å²) >= 11 is 1.46. The van der Waals surface area contributed by atoms with Crippen LogP contribution in [-0.4, -0.2) is 80.6 Å². The van der Waals surface area contributed by atoms with E-state index in [2.05, 4.69) is 40.7 Å². The number of hydrogen-bond acceptors (Lipinski definition) is 10. The zero-order valence-corrected chi connectivity index (χ0v) is 22.7. The van der Waals surface area contributed by atoms with Crippen LogP contribution in [0.3, 0.4) is 0 Å². The highest BCUT2D eigenvalue weighted by atomic mass is 32.1. The molecule has 1 saturated carbocycles. The average molecular weight is 527 g/mol. The number of aromatic nitrogens is 5. The Labute approximate surface area is 222 Å². The topological polar surface area (TPSA) is 102 Å². The molecule has 2 N–H and O–H groups in total. The summed E-state index contributed by atoms with van der Waals surface area (Å²) in [5, 5.41) is 12.9.